The van der Waals surface area contributed by atoms with Gasteiger partial charge in [-0.15, -0.1) is 11.3 Å². The van der Waals surface area contributed by atoms with Gasteiger partial charge in [0.05, 0.1) is 38.1 Å². The van der Waals surface area contributed by atoms with Gasteiger partial charge in [-0.3, -0.25) is 5.43 Å². The third-order valence-electron chi connectivity index (χ3n) is 2.62. The molecule has 1 aromatic carbocycles. The van der Waals surface area contributed by atoms with E-state index < -0.39 is 5.97 Å². The van der Waals surface area contributed by atoms with E-state index in [1.54, 1.807) is 11.6 Å². The third kappa shape index (κ3) is 3.15. The Morgan fingerprint density at radius 2 is 2.25 bits per heavy atom. The molecule has 0 aliphatic rings. The van der Waals surface area contributed by atoms with Gasteiger partial charge in [0.2, 0.25) is 0 Å². The van der Waals surface area contributed by atoms with E-state index in [1.165, 1.54) is 23.5 Å². The van der Waals surface area contributed by atoms with E-state index in [9.17, 15) is 4.79 Å². The van der Waals surface area contributed by atoms with Gasteiger partial charge in [0.1, 0.15) is 0 Å². The van der Waals surface area contributed by atoms with Crippen LogP contribution in [0.15, 0.2) is 28.8 Å². The number of aryl methyl sites for hydroxylation is 1. The minimum atomic E-state index is -1.07. The average Bonchev–Trinajstić information content (AvgIpc) is 2.83. The quantitative estimate of drug-likeness (QED) is 0.668. The second-order valence-corrected chi connectivity index (χ2v) is 5.34. The Morgan fingerprint density at radius 3 is 2.85 bits per heavy atom. The van der Waals surface area contributed by atoms with Crippen molar-refractivity contribution in [2.24, 2.45) is 5.10 Å². The largest absolute Gasteiger partial charge is 0.478 e. The number of aromatic carboxylic acids is 1. The van der Waals surface area contributed by atoms with Crippen molar-refractivity contribution in [3.63, 3.8) is 0 Å². The Balaban J connectivity index is 2.21. The van der Waals surface area contributed by atoms with Gasteiger partial charge in [-0.1, -0.05) is 11.6 Å². The summed E-state index contributed by atoms with van der Waals surface area (Å²) >= 11 is 7.31. The molecule has 0 atom stereocenters. The van der Waals surface area contributed by atoms with E-state index in [0.29, 0.717) is 5.69 Å². The average molecular weight is 310 g/mol. The topological polar surface area (TPSA) is 74.6 Å². The van der Waals surface area contributed by atoms with Crippen molar-refractivity contribution >= 4 is 40.3 Å². The molecule has 7 heteroatoms. The van der Waals surface area contributed by atoms with Crippen LogP contribution in [0.25, 0.3) is 0 Å². The van der Waals surface area contributed by atoms with Gasteiger partial charge < -0.3 is 5.11 Å². The van der Waals surface area contributed by atoms with Crippen molar-refractivity contribution < 1.29 is 9.90 Å². The molecule has 2 rings (SSSR count). The molecule has 0 fully saturated rings. The standard InChI is InChI=1S/C13H12ClN3O2S/c1-7-12(20-6-15-7)8(2)16-17-9-3-4-11(14)10(5-9)13(18)19/h3-6,17H,1-2H3,(H,18,19). The van der Waals surface area contributed by atoms with Crippen molar-refractivity contribution in [2.75, 3.05) is 5.43 Å². The first-order chi connectivity index (χ1) is 9.49. The highest BCUT2D eigenvalue weighted by atomic mass is 35.5. The van der Waals surface area contributed by atoms with Gasteiger partial charge in [0, 0.05) is 0 Å². The Bertz CT molecular complexity index is 682. The predicted molar refractivity (Wildman–Crippen MR) is 81.1 cm³/mol. The molecule has 0 spiro atoms. The van der Waals surface area contributed by atoms with Crippen LogP contribution in [0.2, 0.25) is 5.02 Å². The Labute approximate surface area is 124 Å². The lowest BCUT2D eigenvalue weighted by molar-refractivity contribution is 0.0697. The van der Waals surface area contributed by atoms with Gasteiger partial charge in [-0.25, -0.2) is 9.78 Å². The van der Waals surface area contributed by atoms with Crippen molar-refractivity contribution in [3.05, 3.63) is 44.9 Å². The molecule has 20 heavy (non-hydrogen) atoms. The summed E-state index contributed by atoms with van der Waals surface area (Å²) in [5.41, 5.74) is 6.89. The number of aromatic nitrogens is 1. The van der Waals surface area contributed by atoms with E-state index >= 15 is 0 Å². The minimum absolute atomic E-state index is 0.0403. The number of hydrogen-bond acceptors (Lipinski definition) is 5. The maximum absolute atomic E-state index is 11.0. The fraction of sp³-hybridized carbons (Fsp3) is 0.154. The lowest BCUT2D eigenvalue weighted by Gasteiger charge is -2.05. The normalized spacial score (nSPS) is 11.4. The molecular weight excluding hydrogens is 298 g/mol. The third-order valence-corrected chi connectivity index (χ3v) is 3.99. The minimum Gasteiger partial charge on any atom is -0.478 e. The first kappa shape index (κ1) is 14.5. The van der Waals surface area contributed by atoms with Crippen molar-refractivity contribution in [1.29, 1.82) is 0 Å². The van der Waals surface area contributed by atoms with Crippen molar-refractivity contribution in [3.8, 4) is 0 Å². The number of carboxylic acid groups (broad SMARTS) is 1. The van der Waals surface area contributed by atoms with Crippen molar-refractivity contribution in [2.45, 2.75) is 13.8 Å². The molecule has 0 saturated heterocycles. The van der Waals surface area contributed by atoms with Crippen LogP contribution in [0.5, 0.6) is 0 Å². The van der Waals surface area contributed by atoms with E-state index in [1.807, 2.05) is 13.8 Å². The lowest BCUT2D eigenvalue weighted by atomic mass is 10.2. The van der Waals surface area contributed by atoms with Crippen LogP contribution in [0.4, 0.5) is 5.69 Å². The zero-order valence-corrected chi connectivity index (χ0v) is 12.4. The number of carbonyl (C=O) groups is 1. The monoisotopic (exact) mass is 309 g/mol. The Morgan fingerprint density at radius 1 is 1.50 bits per heavy atom. The van der Waals surface area contributed by atoms with Gasteiger partial charge in [-0.05, 0) is 32.0 Å². The van der Waals surface area contributed by atoms with E-state index in [2.05, 4.69) is 15.5 Å². The smallest absolute Gasteiger partial charge is 0.337 e. The second-order valence-electron chi connectivity index (χ2n) is 4.08. The SMILES string of the molecule is CC(=NNc1ccc(Cl)c(C(=O)O)c1)c1scnc1C. The number of halogens is 1. The van der Waals surface area contributed by atoms with Crippen LogP contribution in [0.3, 0.4) is 0 Å². The maximum Gasteiger partial charge on any atom is 0.337 e. The van der Waals surface area contributed by atoms with E-state index in [-0.39, 0.29) is 10.6 Å². The summed E-state index contributed by atoms with van der Waals surface area (Å²) in [6, 6.07) is 4.64. The second kappa shape index (κ2) is 6.02. The molecule has 5 nitrogen and oxygen atoms in total. The van der Waals surface area contributed by atoms with Gasteiger partial charge in [-0.2, -0.15) is 5.10 Å². The highest BCUT2D eigenvalue weighted by molar-refractivity contribution is 7.12. The number of thiazole rings is 1. The molecule has 104 valence electrons. The van der Waals surface area contributed by atoms with E-state index in [0.717, 1.165) is 16.3 Å². The Kier molecular flexibility index (Phi) is 4.36. The summed E-state index contributed by atoms with van der Waals surface area (Å²) < 4.78 is 0. The number of benzene rings is 1. The van der Waals surface area contributed by atoms with Crippen LogP contribution in [-0.2, 0) is 0 Å². The predicted octanol–water partition coefficient (Wildman–Crippen LogP) is 3.64. The summed E-state index contributed by atoms with van der Waals surface area (Å²) in [4.78, 5) is 16.1. The summed E-state index contributed by atoms with van der Waals surface area (Å²) in [5.74, 6) is -1.07. The molecule has 0 amide bonds. The van der Waals surface area contributed by atoms with Crippen LogP contribution in [0, 0.1) is 6.92 Å². The molecule has 1 heterocycles. The fourth-order valence-electron chi connectivity index (χ4n) is 1.61. The van der Waals surface area contributed by atoms with Gasteiger partial charge >= 0.3 is 5.97 Å². The van der Waals surface area contributed by atoms with Crippen LogP contribution >= 0.6 is 22.9 Å². The van der Waals surface area contributed by atoms with E-state index in [4.69, 9.17) is 16.7 Å². The number of nitrogens with zero attached hydrogens (tertiary/aromatic N) is 2. The molecule has 0 unspecified atom stereocenters. The number of carboxylic acids is 1. The molecular formula is C13H12ClN3O2S. The van der Waals surface area contributed by atoms with Crippen LogP contribution < -0.4 is 5.43 Å². The summed E-state index contributed by atoms with van der Waals surface area (Å²) in [7, 11) is 0. The van der Waals surface area contributed by atoms with Crippen molar-refractivity contribution in [1.82, 2.24) is 4.98 Å². The number of hydrogen-bond donors (Lipinski definition) is 2. The Hall–Kier alpha value is -1.92. The first-order valence-corrected chi connectivity index (χ1v) is 6.98. The summed E-state index contributed by atoms with van der Waals surface area (Å²) in [5, 5.41) is 13.4. The highest BCUT2D eigenvalue weighted by Gasteiger charge is 2.09. The molecule has 0 aliphatic heterocycles. The first-order valence-electron chi connectivity index (χ1n) is 5.72. The molecule has 0 saturated carbocycles. The number of rotatable bonds is 4. The highest BCUT2D eigenvalue weighted by Crippen LogP contribution is 2.21. The lowest BCUT2D eigenvalue weighted by Crippen LogP contribution is -2.02. The fourth-order valence-corrected chi connectivity index (χ4v) is 2.56. The summed E-state index contributed by atoms with van der Waals surface area (Å²) in [6.07, 6.45) is 0. The molecule has 0 radical (unpaired) electrons. The zero-order chi connectivity index (χ0) is 14.7. The van der Waals surface area contributed by atoms with Crippen LogP contribution in [-0.4, -0.2) is 21.8 Å². The summed E-state index contributed by atoms with van der Waals surface area (Å²) in [6.45, 7) is 3.78. The molecule has 0 aliphatic carbocycles. The molecule has 0 bridgehead atoms. The molecule has 2 N–H and O–H groups in total. The van der Waals surface area contributed by atoms with Gasteiger partial charge in [0.15, 0.2) is 0 Å². The molecule has 1 aromatic heterocycles. The van der Waals surface area contributed by atoms with Crippen LogP contribution in [0.1, 0.15) is 27.9 Å². The maximum atomic E-state index is 11.0. The number of nitrogens with one attached hydrogen (secondary N) is 1. The zero-order valence-electron chi connectivity index (χ0n) is 10.8. The molecule has 2 aromatic rings. The van der Waals surface area contributed by atoms with Gasteiger partial charge in [0.25, 0.3) is 0 Å². The number of anilines is 1. The number of hydrazone groups is 1.